The number of rotatable bonds is 7. The number of aliphatic hydroxyl groups is 1. The van der Waals surface area contributed by atoms with Gasteiger partial charge in [0.05, 0.1) is 28.5 Å². The molecule has 4 aromatic rings. The van der Waals surface area contributed by atoms with Gasteiger partial charge in [-0.15, -0.1) is 0 Å². The maximum atomic E-state index is 12.8. The van der Waals surface area contributed by atoms with E-state index < -0.39 is 21.9 Å². The number of para-hydroxylation sites is 1. The lowest BCUT2D eigenvalue weighted by atomic mass is 10.1. The molecule has 0 radical (unpaired) electrons. The minimum atomic E-state index is -4.00. The average Bonchev–Trinajstić information content (AvgIpc) is 3.22. The van der Waals surface area contributed by atoms with E-state index in [1.165, 1.54) is 23.8 Å². The van der Waals surface area contributed by atoms with Crippen LogP contribution in [0, 0.1) is 18.3 Å². The molecule has 11 nitrogen and oxygen atoms in total. The lowest BCUT2D eigenvalue weighted by molar-refractivity contribution is 0.100. The van der Waals surface area contributed by atoms with Gasteiger partial charge < -0.3 is 15.2 Å². The van der Waals surface area contributed by atoms with Gasteiger partial charge >= 0.3 is 0 Å². The molecule has 0 saturated carbocycles. The summed E-state index contributed by atoms with van der Waals surface area (Å²) in [5, 5.41) is 26.0. The van der Waals surface area contributed by atoms with E-state index in [-0.39, 0.29) is 17.0 Å². The molecule has 4 rings (SSSR count). The van der Waals surface area contributed by atoms with Crippen LogP contribution in [0.4, 0.5) is 11.4 Å². The van der Waals surface area contributed by atoms with Crippen molar-refractivity contribution in [1.82, 2.24) is 14.3 Å². The zero-order chi connectivity index (χ0) is 26.6. The molecule has 2 aromatic heterocycles. The Balaban J connectivity index is 1.65. The Hall–Kier alpha value is -4.73. The van der Waals surface area contributed by atoms with Crippen LogP contribution in [0.3, 0.4) is 0 Å². The number of carbonyl (C=O) groups is 1. The number of nitriles is 1. The Kier molecular flexibility index (Phi) is 7.19. The summed E-state index contributed by atoms with van der Waals surface area (Å²) in [5.74, 6) is -0.718. The molecule has 0 fully saturated rings. The number of benzene rings is 2. The van der Waals surface area contributed by atoms with E-state index in [4.69, 9.17) is 9.84 Å². The minimum Gasteiger partial charge on any atom is -0.457 e. The van der Waals surface area contributed by atoms with Gasteiger partial charge in [-0.1, -0.05) is 18.2 Å². The largest absolute Gasteiger partial charge is 0.457 e. The molecule has 37 heavy (non-hydrogen) atoms. The number of aryl methyl sites for hydroxylation is 1. The van der Waals surface area contributed by atoms with Gasteiger partial charge in [0.15, 0.2) is 5.94 Å². The molecule has 0 spiro atoms. The van der Waals surface area contributed by atoms with E-state index in [0.717, 1.165) is 0 Å². The van der Waals surface area contributed by atoms with E-state index >= 15 is 0 Å². The number of hydrogen-bond acceptors (Lipinski definition) is 8. The van der Waals surface area contributed by atoms with E-state index in [0.29, 0.717) is 34.0 Å². The summed E-state index contributed by atoms with van der Waals surface area (Å²) in [6, 6.07) is 18.6. The van der Waals surface area contributed by atoms with Crippen LogP contribution in [0.5, 0.6) is 11.5 Å². The first kappa shape index (κ1) is 25.4. The number of aliphatic imine (C=N–C) groups is 1. The number of nitrogens with zero attached hydrogens (tertiary/aromatic N) is 4. The van der Waals surface area contributed by atoms with Gasteiger partial charge in [0, 0.05) is 11.9 Å². The fourth-order valence-electron chi connectivity index (χ4n) is 3.58. The van der Waals surface area contributed by atoms with Crippen molar-refractivity contribution in [1.29, 1.82) is 5.26 Å². The summed E-state index contributed by atoms with van der Waals surface area (Å²) >= 11 is 0. The van der Waals surface area contributed by atoms with Gasteiger partial charge in [-0.2, -0.15) is 15.4 Å². The molecular weight excluding hydrogens is 496 g/mol. The maximum absolute atomic E-state index is 12.8. The molecule has 2 heterocycles. The van der Waals surface area contributed by atoms with Crippen molar-refractivity contribution in [3.05, 3.63) is 83.7 Å². The third-order valence-corrected chi connectivity index (χ3v) is 6.20. The highest BCUT2D eigenvalue weighted by atomic mass is 32.2. The van der Waals surface area contributed by atoms with Crippen LogP contribution in [0.1, 0.15) is 28.4 Å². The number of ether oxygens (including phenoxy) is 1. The molecule has 0 atom stereocenters. The standard InChI is InChI=1S/C25H22N6O5S/c1-16-22(25(33)28-17(2)30-37(34,35)15-32)14-31-24(16)23(18(12-26)13-27-31)29-19-8-10-21(11-9-19)36-20-6-4-3-5-7-20/h3-11,13-14,29,32H,15H2,1-2H3,(H,28,30,33). The monoisotopic (exact) mass is 518 g/mol. The van der Waals surface area contributed by atoms with Crippen molar-refractivity contribution in [3.63, 3.8) is 0 Å². The van der Waals surface area contributed by atoms with Crippen LogP contribution >= 0.6 is 0 Å². The van der Waals surface area contributed by atoms with Crippen molar-refractivity contribution in [2.45, 2.75) is 13.8 Å². The summed E-state index contributed by atoms with van der Waals surface area (Å²) in [4.78, 5) is 16.6. The smallest absolute Gasteiger partial charge is 0.280 e. The Morgan fingerprint density at radius 2 is 1.84 bits per heavy atom. The molecule has 0 bridgehead atoms. The quantitative estimate of drug-likeness (QED) is 0.248. The normalized spacial score (nSPS) is 11.7. The molecule has 0 aliphatic heterocycles. The Bertz CT molecular complexity index is 1640. The zero-order valence-electron chi connectivity index (χ0n) is 19.8. The van der Waals surface area contributed by atoms with Crippen LogP contribution in [0.15, 0.2) is 72.0 Å². The Labute approximate surface area is 212 Å². The fourth-order valence-corrected chi connectivity index (χ4v) is 4.14. The second-order valence-electron chi connectivity index (χ2n) is 7.92. The predicted octanol–water partition coefficient (Wildman–Crippen LogP) is 3.48. The van der Waals surface area contributed by atoms with Crippen molar-refractivity contribution < 1.29 is 23.1 Å². The SMILES string of the molecule is CC(=NC(=O)c1cn2ncc(C#N)c(Nc3ccc(Oc4ccccc4)cc3)c2c1C)NS(=O)(=O)CO. The lowest BCUT2D eigenvalue weighted by Crippen LogP contribution is -2.31. The van der Waals surface area contributed by atoms with Gasteiger partial charge in [-0.05, 0) is 55.8 Å². The predicted molar refractivity (Wildman–Crippen MR) is 137 cm³/mol. The van der Waals surface area contributed by atoms with Gasteiger partial charge in [-0.3, -0.25) is 9.52 Å². The molecule has 2 aromatic carbocycles. The van der Waals surface area contributed by atoms with E-state index in [1.807, 2.05) is 35.1 Å². The molecule has 1 amide bonds. The number of aromatic nitrogens is 2. The second-order valence-corrected chi connectivity index (χ2v) is 9.61. The topological polar surface area (TPSA) is 158 Å². The highest BCUT2D eigenvalue weighted by Crippen LogP contribution is 2.31. The van der Waals surface area contributed by atoms with E-state index in [9.17, 15) is 18.5 Å². The first-order chi connectivity index (χ1) is 17.7. The summed E-state index contributed by atoms with van der Waals surface area (Å²) in [7, 11) is -4.00. The average molecular weight is 519 g/mol. The van der Waals surface area contributed by atoms with Crippen molar-refractivity contribution in [2.24, 2.45) is 4.99 Å². The van der Waals surface area contributed by atoms with Crippen LogP contribution in [-0.4, -0.2) is 40.8 Å². The van der Waals surface area contributed by atoms with Crippen molar-refractivity contribution in [2.75, 3.05) is 11.3 Å². The molecule has 188 valence electrons. The summed E-state index contributed by atoms with van der Waals surface area (Å²) in [6.07, 6.45) is 2.83. The van der Waals surface area contributed by atoms with Crippen LogP contribution in [-0.2, 0) is 10.0 Å². The number of aliphatic hydroxyl groups excluding tert-OH is 1. The number of carbonyl (C=O) groups excluding carboxylic acids is 1. The number of anilines is 2. The van der Waals surface area contributed by atoms with Crippen LogP contribution < -0.4 is 14.8 Å². The molecule has 0 unspecified atom stereocenters. The highest BCUT2D eigenvalue weighted by molar-refractivity contribution is 7.89. The lowest BCUT2D eigenvalue weighted by Gasteiger charge is -2.12. The first-order valence-electron chi connectivity index (χ1n) is 10.9. The molecule has 0 saturated heterocycles. The molecule has 0 aliphatic rings. The number of sulfonamides is 1. The third-order valence-electron chi connectivity index (χ3n) is 5.25. The number of amidine groups is 1. The number of fused-ring (bicyclic) bond motifs is 1. The van der Waals surface area contributed by atoms with Crippen LogP contribution in [0.25, 0.3) is 5.52 Å². The number of amides is 1. The summed E-state index contributed by atoms with van der Waals surface area (Å²) in [6.45, 7) is 2.97. The molecule has 12 heteroatoms. The second kappa shape index (κ2) is 10.5. The van der Waals surface area contributed by atoms with Crippen molar-refractivity contribution >= 4 is 38.7 Å². The first-order valence-corrected chi connectivity index (χ1v) is 12.6. The van der Waals surface area contributed by atoms with Gasteiger partial charge in [-0.25, -0.2) is 12.9 Å². The maximum Gasteiger partial charge on any atom is 0.280 e. The van der Waals surface area contributed by atoms with E-state index in [2.05, 4.69) is 21.5 Å². The molecule has 0 aliphatic carbocycles. The van der Waals surface area contributed by atoms with Crippen LogP contribution in [0.2, 0.25) is 0 Å². The fraction of sp³-hybridized carbons (Fsp3) is 0.120. The number of nitrogens with one attached hydrogen (secondary N) is 2. The Morgan fingerprint density at radius 3 is 2.49 bits per heavy atom. The minimum absolute atomic E-state index is 0.166. The highest BCUT2D eigenvalue weighted by Gasteiger charge is 2.20. The Morgan fingerprint density at radius 1 is 1.16 bits per heavy atom. The zero-order valence-corrected chi connectivity index (χ0v) is 20.7. The molecular formula is C25H22N6O5S. The van der Waals surface area contributed by atoms with E-state index in [1.54, 1.807) is 31.2 Å². The van der Waals surface area contributed by atoms with Gasteiger partial charge in [0.25, 0.3) is 15.9 Å². The van der Waals surface area contributed by atoms with Crippen molar-refractivity contribution in [3.8, 4) is 17.6 Å². The summed E-state index contributed by atoms with van der Waals surface area (Å²) < 4.78 is 32.3. The number of hydrogen-bond donors (Lipinski definition) is 3. The summed E-state index contributed by atoms with van der Waals surface area (Å²) in [5.41, 5.74) is 2.50. The van der Waals surface area contributed by atoms with Gasteiger partial charge in [0.2, 0.25) is 0 Å². The molecule has 3 N–H and O–H groups in total. The van der Waals surface area contributed by atoms with Gasteiger partial charge in [0.1, 0.15) is 23.4 Å². The third kappa shape index (κ3) is 5.75.